The van der Waals surface area contributed by atoms with Gasteiger partial charge in [-0.05, 0) is 23.6 Å². The van der Waals surface area contributed by atoms with Crippen LogP contribution in [0.1, 0.15) is 0 Å². The lowest BCUT2D eigenvalue weighted by Gasteiger charge is -2.08. The third-order valence-electron chi connectivity index (χ3n) is 3.05. The molecule has 1 aromatic carbocycles. The summed E-state index contributed by atoms with van der Waals surface area (Å²) in [7, 11) is -2.14. The molecule has 0 bridgehead atoms. The van der Waals surface area contributed by atoms with Crippen LogP contribution < -0.4 is 10.0 Å². The second kappa shape index (κ2) is 6.69. The fraction of sp³-hybridized carbons (Fsp3) is 0.286. The van der Waals surface area contributed by atoms with Gasteiger partial charge in [0.1, 0.15) is 13.1 Å². The number of carbonyl (C=O) groups excluding carboxylic acids is 2. The molecule has 1 heterocycles. The van der Waals surface area contributed by atoms with Gasteiger partial charge in [0.2, 0.25) is 15.9 Å². The third kappa shape index (κ3) is 4.71. The van der Waals surface area contributed by atoms with Gasteiger partial charge in [-0.1, -0.05) is 6.07 Å². The summed E-state index contributed by atoms with van der Waals surface area (Å²) in [5.41, 5.74) is 1.11. The Bertz CT molecular complexity index is 841. The number of methoxy groups -OCH3 is 1. The van der Waals surface area contributed by atoms with E-state index in [9.17, 15) is 18.0 Å². The molecule has 0 saturated heterocycles. The molecule has 9 heteroatoms. The van der Waals surface area contributed by atoms with Gasteiger partial charge in [-0.3, -0.25) is 14.3 Å². The van der Waals surface area contributed by atoms with Crippen molar-refractivity contribution in [2.75, 3.05) is 24.6 Å². The lowest BCUT2D eigenvalue weighted by atomic mass is 10.2. The van der Waals surface area contributed by atoms with Crippen molar-refractivity contribution in [3.8, 4) is 0 Å². The van der Waals surface area contributed by atoms with Crippen molar-refractivity contribution in [2.24, 2.45) is 0 Å². The number of hydrogen-bond donors (Lipinski definition) is 2. The number of aromatic nitrogens is 1. The fourth-order valence-electron chi connectivity index (χ4n) is 2.05. The van der Waals surface area contributed by atoms with Crippen LogP contribution in [0, 0.1) is 0 Å². The SMILES string of the molecule is COC(=O)CNC(=O)Cn1ccc2ccc(NS(C)(=O)=O)cc21. The monoisotopic (exact) mass is 339 g/mol. The average molecular weight is 339 g/mol. The molecule has 8 nitrogen and oxygen atoms in total. The lowest BCUT2D eigenvalue weighted by Crippen LogP contribution is -2.32. The molecule has 1 amide bonds. The Hall–Kier alpha value is -2.55. The van der Waals surface area contributed by atoms with Crippen molar-refractivity contribution < 1.29 is 22.7 Å². The number of nitrogens with zero attached hydrogens (tertiary/aromatic N) is 1. The van der Waals surface area contributed by atoms with E-state index in [2.05, 4.69) is 14.8 Å². The lowest BCUT2D eigenvalue weighted by molar-refractivity contribution is -0.141. The van der Waals surface area contributed by atoms with Crippen molar-refractivity contribution in [1.29, 1.82) is 0 Å². The van der Waals surface area contributed by atoms with E-state index in [0.717, 1.165) is 11.6 Å². The van der Waals surface area contributed by atoms with Crippen molar-refractivity contribution in [1.82, 2.24) is 9.88 Å². The van der Waals surface area contributed by atoms with Crippen LogP contribution in [-0.2, 0) is 30.9 Å². The van der Waals surface area contributed by atoms with Crippen LogP contribution >= 0.6 is 0 Å². The molecule has 0 spiro atoms. The molecule has 2 N–H and O–H groups in total. The first-order valence-corrected chi connectivity index (χ1v) is 8.58. The zero-order chi connectivity index (χ0) is 17.0. The minimum absolute atomic E-state index is 0.00280. The number of benzene rings is 1. The molecule has 0 unspecified atom stereocenters. The molecule has 2 rings (SSSR count). The molecule has 23 heavy (non-hydrogen) atoms. The molecule has 0 radical (unpaired) electrons. The van der Waals surface area contributed by atoms with E-state index in [0.29, 0.717) is 11.2 Å². The van der Waals surface area contributed by atoms with Gasteiger partial charge in [-0.2, -0.15) is 0 Å². The van der Waals surface area contributed by atoms with Crippen molar-refractivity contribution in [3.63, 3.8) is 0 Å². The Morgan fingerprint density at radius 3 is 2.65 bits per heavy atom. The topological polar surface area (TPSA) is 106 Å². The van der Waals surface area contributed by atoms with Crippen LogP contribution in [0.2, 0.25) is 0 Å². The maximum Gasteiger partial charge on any atom is 0.325 e. The number of sulfonamides is 1. The van der Waals surface area contributed by atoms with Gasteiger partial charge in [0.25, 0.3) is 0 Å². The van der Waals surface area contributed by atoms with Gasteiger partial charge in [-0.25, -0.2) is 8.42 Å². The van der Waals surface area contributed by atoms with E-state index in [1.165, 1.54) is 7.11 Å². The van der Waals surface area contributed by atoms with Crippen LogP contribution in [0.15, 0.2) is 30.5 Å². The van der Waals surface area contributed by atoms with Crippen molar-refractivity contribution >= 4 is 38.5 Å². The number of esters is 1. The Kier molecular flexibility index (Phi) is 4.89. The standard InChI is InChI=1S/C14H17N3O5S/c1-22-14(19)8-15-13(18)9-17-6-5-10-3-4-11(7-12(10)17)16-23(2,20)21/h3-7,16H,8-9H2,1-2H3,(H,15,18). The predicted octanol–water partition coefficient (Wildman–Crippen LogP) is 0.302. The Morgan fingerprint density at radius 2 is 2.00 bits per heavy atom. The number of anilines is 1. The van der Waals surface area contributed by atoms with Gasteiger partial charge in [0.15, 0.2) is 0 Å². The number of ether oxygens (including phenoxy) is 1. The maximum absolute atomic E-state index is 11.8. The van der Waals surface area contributed by atoms with E-state index >= 15 is 0 Å². The summed E-state index contributed by atoms with van der Waals surface area (Å²) in [5, 5.41) is 3.31. The predicted molar refractivity (Wildman–Crippen MR) is 85.4 cm³/mol. The summed E-state index contributed by atoms with van der Waals surface area (Å²) in [5.74, 6) is -0.885. The second-order valence-electron chi connectivity index (χ2n) is 4.94. The summed E-state index contributed by atoms with van der Waals surface area (Å²) < 4.78 is 31.1. The zero-order valence-electron chi connectivity index (χ0n) is 12.7. The van der Waals surface area contributed by atoms with Crippen molar-refractivity contribution in [3.05, 3.63) is 30.5 Å². The summed E-state index contributed by atoms with van der Waals surface area (Å²) in [4.78, 5) is 22.8. The highest BCUT2D eigenvalue weighted by Gasteiger charge is 2.10. The highest BCUT2D eigenvalue weighted by Crippen LogP contribution is 2.21. The van der Waals surface area contributed by atoms with Crippen LogP contribution in [0.3, 0.4) is 0 Å². The van der Waals surface area contributed by atoms with Gasteiger partial charge in [0.05, 0.1) is 24.6 Å². The Balaban J connectivity index is 2.16. The number of hydrogen-bond acceptors (Lipinski definition) is 5. The first kappa shape index (κ1) is 16.8. The molecule has 124 valence electrons. The molecule has 0 fully saturated rings. The number of amides is 1. The average Bonchev–Trinajstić information content (AvgIpc) is 2.85. The van der Waals surface area contributed by atoms with Gasteiger partial charge >= 0.3 is 5.97 Å². The van der Waals surface area contributed by atoms with Gasteiger partial charge in [-0.15, -0.1) is 0 Å². The number of fused-ring (bicyclic) bond motifs is 1. The van der Waals surface area contributed by atoms with Crippen LogP contribution in [0.4, 0.5) is 5.69 Å². The third-order valence-corrected chi connectivity index (χ3v) is 3.66. The summed E-state index contributed by atoms with van der Waals surface area (Å²) in [6, 6.07) is 6.86. The largest absolute Gasteiger partial charge is 0.468 e. The molecule has 0 aliphatic rings. The van der Waals surface area contributed by atoms with Crippen molar-refractivity contribution in [2.45, 2.75) is 6.54 Å². The van der Waals surface area contributed by atoms with Crippen LogP contribution in [0.5, 0.6) is 0 Å². The summed E-state index contributed by atoms with van der Waals surface area (Å²) in [6.07, 6.45) is 2.78. The highest BCUT2D eigenvalue weighted by molar-refractivity contribution is 7.92. The smallest absolute Gasteiger partial charge is 0.325 e. The van der Waals surface area contributed by atoms with Crippen LogP contribution in [0.25, 0.3) is 10.9 Å². The van der Waals surface area contributed by atoms with E-state index in [4.69, 9.17) is 0 Å². The first-order valence-electron chi connectivity index (χ1n) is 6.69. The zero-order valence-corrected chi connectivity index (χ0v) is 13.5. The number of rotatable bonds is 6. The summed E-state index contributed by atoms with van der Waals surface area (Å²) in [6.45, 7) is -0.196. The van der Waals surface area contributed by atoms with Gasteiger partial charge < -0.3 is 14.6 Å². The molecule has 0 aliphatic heterocycles. The normalized spacial score (nSPS) is 11.2. The molecule has 0 atom stereocenters. The summed E-state index contributed by atoms with van der Waals surface area (Å²) >= 11 is 0. The Morgan fingerprint density at radius 1 is 1.26 bits per heavy atom. The number of carbonyl (C=O) groups is 2. The molecule has 2 aromatic rings. The number of nitrogens with one attached hydrogen (secondary N) is 2. The van der Waals surface area contributed by atoms with E-state index in [-0.39, 0.29) is 19.0 Å². The molecular weight excluding hydrogens is 322 g/mol. The minimum Gasteiger partial charge on any atom is -0.468 e. The molecule has 1 aromatic heterocycles. The highest BCUT2D eigenvalue weighted by atomic mass is 32.2. The fourth-order valence-corrected chi connectivity index (χ4v) is 2.61. The maximum atomic E-state index is 11.8. The van der Waals surface area contributed by atoms with E-state index in [1.807, 2.05) is 6.07 Å². The quantitative estimate of drug-likeness (QED) is 0.736. The van der Waals surface area contributed by atoms with E-state index in [1.54, 1.807) is 29.0 Å². The minimum atomic E-state index is -3.38. The van der Waals surface area contributed by atoms with Gasteiger partial charge in [0, 0.05) is 6.20 Å². The molecular formula is C14H17N3O5S. The van der Waals surface area contributed by atoms with E-state index < -0.39 is 16.0 Å². The molecule has 0 aliphatic carbocycles. The second-order valence-corrected chi connectivity index (χ2v) is 6.69. The first-order chi connectivity index (χ1) is 10.8. The Labute approximate surface area is 133 Å². The van der Waals surface area contributed by atoms with Crippen LogP contribution in [-0.4, -0.2) is 44.8 Å². The molecule has 0 saturated carbocycles.